The molecule has 1 aliphatic rings. The number of aliphatic hydroxyl groups excluding tert-OH is 1. The van der Waals surface area contributed by atoms with Crippen LogP contribution in [0.2, 0.25) is 0 Å². The molecule has 0 bridgehead atoms. The SMILES string of the molecule is COc1ccc(-c2ccc3nc(Nc4cc(Cc5ccccc5)nc(N[C@H]5CC[C@H](O)CC5)n4)sc3c2)cn1. The highest BCUT2D eigenvalue weighted by atomic mass is 32.1. The van der Waals surface area contributed by atoms with Crippen molar-refractivity contribution in [1.29, 1.82) is 0 Å². The van der Waals surface area contributed by atoms with Gasteiger partial charge in [-0.15, -0.1) is 0 Å². The van der Waals surface area contributed by atoms with E-state index >= 15 is 0 Å². The number of nitrogens with zero attached hydrogens (tertiary/aromatic N) is 4. The van der Waals surface area contributed by atoms with Gasteiger partial charge in [0.1, 0.15) is 5.82 Å². The minimum absolute atomic E-state index is 0.203. The lowest BCUT2D eigenvalue weighted by atomic mass is 9.93. The molecule has 3 heterocycles. The fourth-order valence-electron chi connectivity index (χ4n) is 4.86. The molecule has 1 aliphatic carbocycles. The number of hydrogen-bond acceptors (Lipinski definition) is 9. The molecule has 1 fully saturated rings. The zero-order chi connectivity index (χ0) is 26.6. The Morgan fingerprint density at radius 2 is 1.74 bits per heavy atom. The minimum Gasteiger partial charge on any atom is -0.481 e. The van der Waals surface area contributed by atoms with Crippen LogP contribution in [-0.2, 0) is 6.42 Å². The van der Waals surface area contributed by atoms with Crippen LogP contribution in [0.5, 0.6) is 5.88 Å². The summed E-state index contributed by atoms with van der Waals surface area (Å²) < 4.78 is 6.25. The lowest BCUT2D eigenvalue weighted by Gasteiger charge is -2.26. The van der Waals surface area contributed by atoms with E-state index in [1.165, 1.54) is 5.56 Å². The molecule has 9 heteroatoms. The Kier molecular flexibility index (Phi) is 7.33. The zero-order valence-corrected chi connectivity index (χ0v) is 22.5. The third-order valence-electron chi connectivity index (χ3n) is 6.94. The minimum atomic E-state index is -0.203. The number of thiazole rings is 1. The Bertz CT molecular complexity index is 1550. The Morgan fingerprint density at radius 1 is 0.923 bits per heavy atom. The number of pyridine rings is 1. The smallest absolute Gasteiger partial charge is 0.225 e. The second kappa shape index (κ2) is 11.3. The molecule has 1 saturated carbocycles. The van der Waals surface area contributed by atoms with Crippen LogP contribution in [0.15, 0.2) is 72.9 Å². The van der Waals surface area contributed by atoms with E-state index in [1.807, 2.05) is 48.7 Å². The van der Waals surface area contributed by atoms with Gasteiger partial charge in [0.05, 0.1) is 29.1 Å². The summed E-state index contributed by atoms with van der Waals surface area (Å²) in [4.78, 5) is 18.7. The molecule has 3 N–H and O–H groups in total. The van der Waals surface area contributed by atoms with E-state index in [0.29, 0.717) is 24.1 Å². The molecule has 5 aromatic rings. The molecule has 2 aromatic carbocycles. The third-order valence-corrected chi connectivity index (χ3v) is 7.87. The highest BCUT2D eigenvalue weighted by molar-refractivity contribution is 7.22. The Morgan fingerprint density at radius 3 is 2.51 bits per heavy atom. The van der Waals surface area contributed by atoms with Crippen LogP contribution in [0.25, 0.3) is 21.3 Å². The number of rotatable bonds is 8. The van der Waals surface area contributed by atoms with Crippen LogP contribution < -0.4 is 15.4 Å². The largest absolute Gasteiger partial charge is 0.481 e. The van der Waals surface area contributed by atoms with E-state index in [-0.39, 0.29) is 12.1 Å². The van der Waals surface area contributed by atoms with Gasteiger partial charge in [0.2, 0.25) is 11.8 Å². The van der Waals surface area contributed by atoms with E-state index in [4.69, 9.17) is 19.7 Å². The van der Waals surface area contributed by atoms with Gasteiger partial charge in [-0.3, -0.25) is 0 Å². The molecule has 0 saturated heterocycles. The van der Waals surface area contributed by atoms with E-state index in [9.17, 15) is 5.11 Å². The Balaban J connectivity index is 1.26. The van der Waals surface area contributed by atoms with Gasteiger partial charge >= 0.3 is 0 Å². The van der Waals surface area contributed by atoms with Crippen molar-refractivity contribution in [1.82, 2.24) is 19.9 Å². The topological polar surface area (TPSA) is 105 Å². The van der Waals surface area contributed by atoms with Gasteiger partial charge in [0, 0.05) is 36.4 Å². The van der Waals surface area contributed by atoms with Gasteiger partial charge in [-0.1, -0.05) is 47.7 Å². The normalized spacial score (nSPS) is 17.2. The predicted octanol–water partition coefficient (Wildman–Crippen LogP) is 6.21. The zero-order valence-electron chi connectivity index (χ0n) is 21.7. The molecule has 8 nitrogen and oxygen atoms in total. The summed E-state index contributed by atoms with van der Waals surface area (Å²) in [6, 6.07) is 22.6. The number of benzene rings is 2. The molecule has 39 heavy (non-hydrogen) atoms. The number of fused-ring (bicyclic) bond motifs is 1. The summed E-state index contributed by atoms with van der Waals surface area (Å²) in [5.41, 5.74) is 5.13. The van der Waals surface area contributed by atoms with E-state index in [1.54, 1.807) is 18.4 Å². The molecule has 3 aromatic heterocycles. The van der Waals surface area contributed by atoms with E-state index < -0.39 is 0 Å². The number of hydrogen-bond donors (Lipinski definition) is 3. The third kappa shape index (κ3) is 6.16. The first-order valence-electron chi connectivity index (χ1n) is 13.2. The molecular weight excluding hydrogens is 508 g/mol. The second-order valence-corrected chi connectivity index (χ2v) is 10.8. The monoisotopic (exact) mass is 538 g/mol. The van der Waals surface area contributed by atoms with Crippen molar-refractivity contribution in [2.75, 3.05) is 17.7 Å². The van der Waals surface area contributed by atoms with Gasteiger partial charge in [-0.25, -0.2) is 15.0 Å². The Hall–Kier alpha value is -4.08. The van der Waals surface area contributed by atoms with Crippen LogP contribution in [0, 0.1) is 0 Å². The van der Waals surface area contributed by atoms with Crippen molar-refractivity contribution in [3.05, 3.63) is 84.2 Å². The van der Waals surface area contributed by atoms with Crippen LogP contribution in [0.1, 0.15) is 36.9 Å². The Labute approximate surface area is 231 Å². The molecule has 0 unspecified atom stereocenters. The van der Waals surface area contributed by atoms with Gasteiger partial charge in [-0.2, -0.15) is 4.98 Å². The lowest BCUT2D eigenvalue weighted by molar-refractivity contribution is 0.126. The quantitative estimate of drug-likeness (QED) is 0.214. The lowest BCUT2D eigenvalue weighted by Crippen LogP contribution is -2.29. The number of aromatic nitrogens is 4. The van der Waals surface area contributed by atoms with Gasteiger partial charge in [-0.05, 0) is 55.0 Å². The average Bonchev–Trinajstić information content (AvgIpc) is 3.36. The molecule has 0 radical (unpaired) electrons. The fraction of sp³-hybridized carbons (Fsp3) is 0.267. The van der Waals surface area contributed by atoms with E-state index in [0.717, 1.165) is 57.9 Å². The number of ether oxygens (including phenoxy) is 1. The van der Waals surface area contributed by atoms with Crippen LogP contribution in [0.4, 0.5) is 16.9 Å². The van der Waals surface area contributed by atoms with Crippen molar-refractivity contribution < 1.29 is 9.84 Å². The second-order valence-electron chi connectivity index (χ2n) is 9.80. The fourth-order valence-corrected chi connectivity index (χ4v) is 5.78. The molecule has 0 amide bonds. The maximum atomic E-state index is 9.89. The number of methoxy groups -OCH3 is 1. The van der Waals surface area contributed by atoms with Crippen LogP contribution >= 0.6 is 11.3 Å². The molecule has 0 atom stereocenters. The number of nitrogens with one attached hydrogen (secondary N) is 2. The molecule has 198 valence electrons. The average molecular weight is 539 g/mol. The highest BCUT2D eigenvalue weighted by Gasteiger charge is 2.20. The van der Waals surface area contributed by atoms with Crippen molar-refractivity contribution in [2.24, 2.45) is 0 Å². The predicted molar refractivity (Wildman–Crippen MR) is 156 cm³/mol. The van der Waals surface area contributed by atoms with Crippen molar-refractivity contribution in [3.63, 3.8) is 0 Å². The summed E-state index contributed by atoms with van der Waals surface area (Å²) >= 11 is 1.58. The van der Waals surface area contributed by atoms with Crippen LogP contribution in [0.3, 0.4) is 0 Å². The summed E-state index contributed by atoms with van der Waals surface area (Å²) in [5.74, 6) is 1.89. The molecule has 0 aliphatic heterocycles. The van der Waals surface area contributed by atoms with Crippen LogP contribution in [-0.4, -0.2) is 44.3 Å². The first-order valence-corrected chi connectivity index (χ1v) is 14.0. The maximum absolute atomic E-state index is 9.89. The molecular formula is C30H30N6O2S. The maximum Gasteiger partial charge on any atom is 0.225 e. The summed E-state index contributed by atoms with van der Waals surface area (Å²) in [6.07, 6.45) is 5.72. The van der Waals surface area contributed by atoms with Gasteiger partial charge < -0.3 is 20.5 Å². The van der Waals surface area contributed by atoms with Crippen molar-refractivity contribution in [2.45, 2.75) is 44.2 Å². The molecule has 0 spiro atoms. The number of aliphatic hydroxyl groups is 1. The van der Waals surface area contributed by atoms with Crippen molar-refractivity contribution >= 4 is 38.5 Å². The first kappa shape index (κ1) is 25.2. The standard InChI is InChI=1S/C30H30N6O2S/c1-38-28-14-8-21(18-31-28)20-7-13-25-26(16-20)39-30(34-25)36-27-17-23(15-19-5-3-2-4-6-19)33-29(35-27)32-22-9-11-24(37)12-10-22/h2-8,13-14,16-18,22,24,37H,9-12,15H2,1H3,(H2,32,33,34,35,36)/t22-,24-. The highest BCUT2D eigenvalue weighted by Crippen LogP contribution is 2.32. The number of anilines is 3. The van der Waals surface area contributed by atoms with Gasteiger partial charge in [0.25, 0.3) is 0 Å². The van der Waals surface area contributed by atoms with Gasteiger partial charge in [0.15, 0.2) is 5.13 Å². The van der Waals surface area contributed by atoms with Crippen molar-refractivity contribution in [3.8, 4) is 17.0 Å². The summed E-state index contributed by atoms with van der Waals surface area (Å²) in [7, 11) is 1.61. The summed E-state index contributed by atoms with van der Waals surface area (Å²) in [6.45, 7) is 0. The molecule has 6 rings (SSSR count). The summed E-state index contributed by atoms with van der Waals surface area (Å²) in [5, 5.41) is 17.6. The van der Waals surface area contributed by atoms with E-state index in [2.05, 4.69) is 39.9 Å². The first-order chi connectivity index (χ1) is 19.1.